The molecule has 0 spiro atoms. The molecule has 2 heterocycles. The predicted molar refractivity (Wildman–Crippen MR) is 157 cm³/mol. The van der Waals surface area contributed by atoms with Crippen LogP contribution in [-0.4, -0.2) is 21.2 Å². The molecule has 4 aromatic rings. The third-order valence-electron chi connectivity index (χ3n) is 6.83. The lowest BCUT2D eigenvalue weighted by Crippen LogP contribution is -2.27. The third-order valence-corrected chi connectivity index (χ3v) is 6.83. The first-order valence-corrected chi connectivity index (χ1v) is 13.6. The summed E-state index contributed by atoms with van der Waals surface area (Å²) in [5.74, 6) is 1.73. The molecule has 204 valence electrons. The van der Waals surface area contributed by atoms with Crippen LogP contribution in [0.25, 0.3) is 16.6 Å². The number of carbonyl (C=O) groups excluding carboxylic acids is 1. The number of aromatic nitrogens is 2. The molecule has 1 aliphatic rings. The van der Waals surface area contributed by atoms with E-state index in [9.17, 15) is 10.1 Å². The van der Waals surface area contributed by atoms with Gasteiger partial charge in [0.1, 0.15) is 29.3 Å². The van der Waals surface area contributed by atoms with Crippen LogP contribution in [0.1, 0.15) is 69.1 Å². The molecule has 40 heavy (non-hydrogen) atoms. The Hall–Kier alpha value is -4.57. The quantitative estimate of drug-likeness (QED) is 0.266. The standard InChI is InChI=1S/C33H34N4O3/c1-6-10-29-36-31-26(35-32(38)40-33(3,4)5)12-9-13-27(31)37(29)19-22-15-16-24-23(17-22)20-39-28-14-8-7-11-25(28)30(24)21(2)18-34/h7-9,11-17H,6,10,19-20H2,1-5H3,(H,35,38)/b30-21+. The summed E-state index contributed by atoms with van der Waals surface area (Å²) in [6.45, 7) is 10.5. The van der Waals surface area contributed by atoms with Gasteiger partial charge in [-0.3, -0.25) is 5.32 Å². The lowest BCUT2D eigenvalue weighted by molar-refractivity contribution is 0.0636. The Bertz CT molecular complexity index is 1670. The minimum absolute atomic E-state index is 0.416. The first-order chi connectivity index (χ1) is 19.2. The first-order valence-electron chi connectivity index (χ1n) is 13.6. The summed E-state index contributed by atoms with van der Waals surface area (Å²) in [5.41, 5.74) is 7.36. The molecule has 5 rings (SSSR count). The highest BCUT2D eigenvalue weighted by Gasteiger charge is 2.23. The van der Waals surface area contributed by atoms with Crippen molar-refractivity contribution in [2.45, 2.75) is 66.2 Å². The highest BCUT2D eigenvalue weighted by Crippen LogP contribution is 2.39. The number of nitrogens with one attached hydrogen (secondary N) is 1. The summed E-state index contributed by atoms with van der Waals surface area (Å²) in [4.78, 5) is 17.5. The third kappa shape index (κ3) is 5.43. The van der Waals surface area contributed by atoms with Gasteiger partial charge in [0.15, 0.2) is 0 Å². The lowest BCUT2D eigenvalue weighted by atomic mass is 9.90. The summed E-state index contributed by atoms with van der Waals surface area (Å²) in [7, 11) is 0. The monoisotopic (exact) mass is 534 g/mol. The summed E-state index contributed by atoms with van der Waals surface area (Å²) in [6.07, 6.45) is 1.24. The zero-order chi connectivity index (χ0) is 28.4. The van der Waals surface area contributed by atoms with E-state index in [0.717, 1.165) is 63.3 Å². The van der Waals surface area contributed by atoms with Crippen molar-refractivity contribution < 1.29 is 14.3 Å². The summed E-state index contributed by atoms with van der Waals surface area (Å²) < 4.78 is 13.9. The number of hydrogen-bond donors (Lipinski definition) is 1. The van der Waals surface area contributed by atoms with E-state index in [-0.39, 0.29) is 0 Å². The van der Waals surface area contributed by atoms with E-state index < -0.39 is 11.7 Å². The molecule has 1 aliphatic heterocycles. The van der Waals surface area contributed by atoms with Gasteiger partial charge in [0.05, 0.1) is 17.3 Å². The van der Waals surface area contributed by atoms with E-state index >= 15 is 0 Å². The van der Waals surface area contributed by atoms with Gasteiger partial charge in [-0.05, 0) is 75.1 Å². The van der Waals surface area contributed by atoms with Crippen molar-refractivity contribution >= 4 is 28.4 Å². The molecule has 0 radical (unpaired) electrons. The van der Waals surface area contributed by atoms with Crippen LogP contribution >= 0.6 is 0 Å². The Kier molecular flexibility index (Phi) is 7.36. The van der Waals surface area contributed by atoms with Crippen LogP contribution in [0.4, 0.5) is 10.5 Å². The molecule has 0 atom stereocenters. The number of fused-ring (bicyclic) bond motifs is 3. The molecular formula is C33H34N4O3. The largest absolute Gasteiger partial charge is 0.488 e. The van der Waals surface area contributed by atoms with Crippen molar-refractivity contribution in [1.82, 2.24) is 9.55 Å². The van der Waals surface area contributed by atoms with E-state index in [1.807, 2.05) is 70.2 Å². The normalized spacial score (nSPS) is 13.9. The minimum Gasteiger partial charge on any atom is -0.488 e. The van der Waals surface area contributed by atoms with Gasteiger partial charge >= 0.3 is 6.09 Å². The molecule has 1 aromatic heterocycles. The Labute approximate surface area is 235 Å². The van der Waals surface area contributed by atoms with Crippen molar-refractivity contribution in [2.24, 2.45) is 0 Å². The SMILES string of the molecule is CCCc1nc2c(NC(=O)OC(C)(C)C)cccc2n1Cc1ccc2c(c1)COc1ccccc1/C2=C(\C)C#N. The van der Waals surface area contributed by atoms with Crippen molar-refractivity contribution in [3.63, 3.8) is 0 Å². The molecular weight excluding hydrogens is 500 g/mol. The molecule has 0 fully saturated rings. The van der Waals surface area contributed by atoms with Crippen LogP contribution in [0.5, 0.6) is 5.75 Å². The van der Waals surface area contributed by atoms with E-state index in [4.69, 9.17) is 14.5 Å². The maximum Gasteiger partial charge on any atom is 0.412 e. The van der Waals surface area contributed by atoms with Gasteiger partial charge in [-0.2, -0.15) is 5.26 Å². The second-order valence-corrected chi connectivity index (χ2v) is 11.1. The number of amides is 1. The van der Waals surface area contributed by atoms with Gasteiger partial charge < -0.3 is 14.0 Å². The number of aryl methyl sites for hydroxylation is 1. The molecule has 0 saturated heterocycles. The van der Waals surface area contributed by atoms with E-state index in [1.165, 1.54) is 0 Å². The Morgan fingerprint density at radius 1 is 1.12 bits per heavy atom. The maximum absolute atomic E-state index is 12.5. The van der Waals surface area contributed by atoms with Gasteiger partial charge in [-0.25, -0.2) is 9.78 Å². The van der Waals surface area contributed by atoms with Crippen molar-refractivity contribution in [3.05, 3.63) is 94.3 Å². The van der Waals surface area contributed by atoms with E-state index in [0.29, 0.717) is 24.4 Å². The molecule has 7 nitrogen and oxygen atoms in total. The van der Waals surface area contributed by atoms with Crippen molar-refractivity contribution in [3.8, 4) is 11.8 Å². The summed E-state index contributed by atoms with van der Waals surface area (Å²) in [5, 5.41) is 12.7. The van der Waals surface area contributed by atoms with Crippen LogP contribution in [0.15, 0.2) is 66.2 Å². The number of imidazole rings is 1. The highest BCUT2D eigenvalue weighted by atomic mass is 16.6. The average Bonchev–Trinajstić information content (AvgIpc) is 3.16. The number of allylic oxidation sites excluding steroid dienone is 1. The van der Waals surface area contributed by atoms with Gasteiger partial charge in [0, 0.05) is 29.7 Å². The number of rotatable bonds is 5. The molecule has 1 N–H and O–H groups in total. The summed E-state index contributed by atoms with van der Waals surface area (Å²) in [6, 6.07) is 22.4. The van der Waals surface area contributed by atoms with Crippen LogP contribution < -0.4 is 10.1 Å². The number of nitrogens with zero attached hydrogens (tertiary/aromatic N) is 3. The average molecular weight is 535 g/mol. The number of ether oxygens (including phenoxy) is 2. The Balaban J connectivity index is 1.53. The fourth-order valence-corrected chi connectivity index (χ4v) is 5.15. The number of carbonyl (C=O) groups is 1. The van der Waals surface area contributed by atoms with Crippen LogP contribution in [0.2, 0.25) is 0 Å². The van der Waals surface area contributed by atoms with Gasteiger partial charge in [0.25, 0.3) is 0 Å². The van der Waals surface area contributed by atoms with Crippen molar-refractivity contribution in [2.75, 3.05) is 5.32 Å². The van der Waals surface area contributed by atoms with Crippen LogP contribution in [-0.2, 0) is 24.3 Å². The number of nitriles is 1. The molecule has 7 heteroatoms. The van der Waals surface area contributed by atoms with Gasteiger partial charge in [0.2, 0.25) is 0 Å². The highest BCUT2D eigenvalue weighted by molar-refractivity contribution is 5.97. The Morgan fingerprint density at radius 3 is 2.67 bits per heavy atom. The molecule has 1 amide bonds. The zero-order valence-corrected chi connectivity index (χ0v) is 23.7. The maximum atomic E-state index is 12.5. The number of hydrogen-bond acceptors (Lipinski definition) is 5. The molecule has 3 aromatic carbocycles. The van der Waals surface area contributed by atoms with E-state index in [2.05, 4.69) is 41.1 Å². The second-order valence-electron chi connectivity index (χ2n) is 11.1. The number of para-hydroxylation sites is 2. The fraction of sp³-hybridized carbons (Fsp3) is 0.303. The molecule has 0 aliphatic carbocycles. The van der Waals surface area contributed by atoms with Gasteiger partial charge in [-0.15, -0.1) is 0 Å². The number of benzene rings is 3. The molecule has 0 saturated carbocycles. The molecule has 0 unspecified atom stereocenters. The lowest BCUT2D eigenvalue weighted by Gasteiger charge is -2.19. The van der Waals surface area contributed by atoms with Crippen LogP contribution in [0, 0.1) is 11.3 Å². The predicted octanol–water partition coefficient (Wildman–Crippen LogP) is 7.62. The summed E-state index contributed by atoms with van der Waals surface area (Å²) >= 11 is 0. The second kappa shape index (κ2) is 10.9. The smallest absolute Gasteiger partial charge is 0.412 e. The Morgan fingerprint density at radius 2 is 1.93 bits per heavy atom. The first kappa shape index (κ1) is 27.0. The van der Waals surface area contributed by atoms with Crippen LogP contribution in [0.3, 0.4) is 0 Å². The fourth-order valence-electron chi connectivity index (χ4n) is 5.15. The minimum atomic E-state index is -0.595. The number of anilines is 1. The van der Waals surface area contributed by atoms with Crippen molar-refractivity contribution in [1.29, 1.82) is 5.26 Å². The van der Waals surface area contributed by atoms with E-state index in [1.54, 1.807) is 0 Å². The molecule has 0 bridgehead atoms. The zero-order valence-electron chi connectivity index (χ0n) is 23.7. The van der Waals surface area contributed by atoms with Gasteiger partial charge in [-0.1, -0.05) is 43.3 Å². The topological polar surface area (TPSA) is 89.2 Å².